The average molecular weight is 965 g/mol. The van der Waals surface area contributed by atoms with E-state index in [0.717, 1.165) is 23.6 Å². The summed E-state index contributed by atoms with van der Waals surface area (Å²) in [6.07, 6.45) is -8.40. The number of nitrogens with zero attached hydrogens (tertiary/aromatic N) is 1. The predicted octanol–water partition coefficient (Wildman–Crippen LogP) is 2.78. The lowest BCUT2D eigenvalue weighted by molar-refractivity contribution is -0.337. The molecule has 0 aromatic heterocycles. The van der Waals surface area contributed by atoms with E-state index in [1.807, 2.05) is 52.0 Å². The summed E-state index contributed by atoms with van der Waals surface area (Å²) in [5.41, 5.74) is 5.04. The number of unbranched alkanes of at least 4 members (excludes halogenated alkanes) is 1. The highest BCUT2D eigenvalue weighted by atomic mass is 16.7. The molecule has 20 nitrogen and oxygen atoms in total. The van der Waals surface area contributed by atoms with E-state index in [0.29, 0.717) is 32.2 Å². The Morgan fingerprint density at radius 2 is 1.80 bits per heavy atom. The molecule has 1 saturated heterocycles. The number of benzene rings is 3. The molecule has 376 valence electrons. The fourth-order valence-corrected chi connectivity index (χ4v) is 8.81. The van der Waals surface area contributed by atoms with Crippen molar-refractivity contribution >= 4 is 23.6 Å². The van der Waals surface area contributed by atoms with Gasteiger partial charge in [0.1, 0.15) is 23.4 Å². The standard InChI is InChI=1S/C49H64N4O16/c1-6-27-11-9-12-28(20-27)14-18-65-40-37(55)33(23-34(64-5)38(40)56)45(61)69-46(62)41-42(57)49(63)15-10-13-29-21-31-36(53-26(4)30(29)19-25(2)3)32(44(59)60)22-35(39(31)67-47(68-41)43(49)58)66-24-52-48(50)51-16-7-8-17-54/h9,11-12,20,22-23,25-26,29-30,41-43,46-47,53-58,62-63H,6-8,14-19,21,24H2,1-5H3,(H,59,60)(H3,50,51,52). The van der Waals surface area contributed by atoms with E-state index < -0.39 is 90.3 Å². The van der Waals surface area contributed by atoms with E-state index in [2.05, 4.69) is 27.5 Å². The molecule has 3 aliphatic heterocycles. The zero-order valence-electron chi connectivity index (χ0n) is 39.3. The minimum Gasteiger partial charge on any atom is -0.504 e. The van der Waals surface area contributed by atoms with E-state index in [-0.39, 0.29) is 77.5 Å². The number of carboxylic acids is 1. The van der Waals surface area contributed by atoms with Crippen LogP contribution in [0.3, 0.4) is 0 Å². The van der Waals surface area contributed by atoms with Gasteiger partial charge in [-0.2, -0.15) is 0 Å². The predicted molar refractivity (Wildman–Crippen MR) is 249 cm³/mol. The lowest BCUT2D eigenvalue weighted by Gasteiger charge is -2.48. The number of aromatic carboxylic acids is 1. The number of aliphatic imine (C=N–C) groups is 1. The summed E-state index contributed by atoms with van der Waals surface area (Å²) in [6, 6.07) is 9.55. The number of nitrogens with one attached hydrogen (secondary N) is 2. The number of phenols is 2. The third-order valence-electron chi connectivity index (χ3n) is 12.6. The number of nitrogens with two attached hydrogens (primary N) is 1. The van der Waals surface area contributed by atoms with Crippen LogP contribution in [0, 0.1) is 29.6 Å². The maximum atomic E-state index is 13.8. The van der Waals surface area contributed by atoms with Gasteiger partial charge in [-0.25, -0.2) is 14.6 Å². The number of esters is 1. The molecule has 9 atom stereocenters. The first-order chi connectivity index (χ1) is 32.9. The Morgan fingerprint density at radius 3 is 2.49 bits per heavy atom. The minimum absolute atomic E-state index is 0.000444. The highest BCUT2D eigenvalue weighted by Gasteiger charge is 2.59. The molecule has 0 saturated carbocycles. The topological polar surface area (TPSA) is 314 Å². The van der Waals surface area contributed by atoms with Crippen molar-refractivity contribution in [2.24, 2.45) is 28.5 Å². The molecule has 1 fully saturated rings. The molecule has 3 aliphatic rings. The number of rotatable bonds is 19. The molecular weight excluding hydrogens is 901 g/mol. The first-order valence-corrected chi connectivity index (χ1v) is 23.0. The molecule has 4 bridgehead atoms. The van der Waals surface area contributed by atoms with E-state index in [1.165, 1.54) is 13.2 Å². The van der Waals surface area contributed by atoms with E-state index >= 15 is 0 Å². The third-order valence-corrected chi connectivity index (χ3v) is 12.6. The number of phenolic OH excluding ortho intramolecular Hbond substituents is 2. The Bertz CT molecular complexity index is 2400. The van der Waals surface area contributed by atoms with Gasteiger partial charge in [-0.3, -0.25) is 0 Å². The summed E-state index contributed by atoms with van der Waals surface area (Å²) >= 11 is 0. The van der Waals surface area contributed by atoms with Crippen LogP contribution in [0.5, 0.6) is 34.5 Å². The first-order valence-electron chi connectivity index (χ1n) is 23.0. The molecule has 0 radical (unpaired) electrons. The van der Waals surface area contributed by atoms with Crippen molar-refractivity contribution in [3.05, 3.63) is 64.2 Å². The van der Waals surface area contributed by atoms with Crippen LogP contribution in [-0.2, 0) is 28.7 Å². The summed E-state index contributed by atoms with van der Waals surface area (Å²) in [4.78, 5) is 30.9. The fourth-order valence-electron chi connectivity index (χ4n) is 8.81. The van der Waals surface area contributed by atoms with Crippen molar-refractivity contribution in [3.8, 4) is 46.3 Å². The van der Waals surface area contributed by atoms with Crippen LogP contribution in [0.1, 0.15) is 90.8 Å². The van der Waals surface area contributed by atoms with Crippen molar-refractivity contribution in [3.63, 3.8) is 0 Å². The van der Waals surface area contributed by atoms with Crippen molar-refractivity contribution < 1.29 is 78.9 Å². The molecule has 0 aliphatic carbocycles. The van der Waals surface area contributed by atoms with Crippen LogP contribution >= 0.6 is 0 Å². The SMILES string of the molecule is CCc1cccc(CCOc2c(O)c(OC)cc(C(=O)OC(O)C3OC4Oc5c(OCN=C(N)NCCCCO)cc(C(=O)O)c6c5CC(C#CCC(O)(C4O)C3O)C(CC(C)C)C(C)N6)c2O)c1. The van der Waals surface area contributed by atoms with Crippen molar-refractivity contribution in [2.75, 3.05) is 38.9 Å². The van der Waals surface area contributed by atoms with E-state index in [4.69, 9.17) is 39.3 Å². The number of carbonyl (C=O) groups excluding carboxylic acids is 1. The number of hydrogen-bond donors (Lipinski definition) is 11. The second-order valence-corrected chi connectivity index (χ2v) is 17.8. The number of fused-ring (bicyclic) bond motifs is 3. The van der Waals surface area contributed by atoms with Crippen LogP contribution in [-0.4, -0.2) is 135 Å². The summed E-state index contributed by atoms with van der Waals surface area (Å²) in [5.74, 6) is 0.259. The molecule has 9 unspecified atom stereocenters. The van der Waals surface area contributed by atoms with Crippen LogP contribution in [0.2, 0.25) is 0 Å². The number of methoxy groups -OCH3 is 1. The average Bonchev–Trinajstić information content (AvgIpc) is 3.44. The smallest absolute Gasteiger partial charge is 0.344 e. The Morgan fingerprint density at radius 1 is 1.06 bits per heavy atom. The fraction of sp³-hybridized carbons (Fsp3) is 0.531. The molecular formula is C49H64N4O16. The van der Waals surface area contributed by atoms with Gasteiger partial charge < -0.3 is 85.6 Å². The van der Waals surface area contributed by atoms with Gasteiger partial charge >= 0.3 is 11.9 Å². The highest BCUT2D eigenvalue weighted by molar-refractivity contribution is 5.97. The molecule has 6 rings (SSSR count). The number of aliphatic hydroxyl groups excluding tert-OH is 4. The largest absolute Gasteiger partial charge is 0.504 e. The Balaban J connectivity index is 1.35. The number of anilines is 1. The van der Waals surface area contributed by atoms with Gasteiger partial charge in [0.05, 0.1) is 25.0 Å². The molecule has 12 N–H and O–H groups in total. The monoisotopic (exact) mass is 964 g/mol. The van der Waals surface area contributed by atoms with Gasteiger partial charge in [0.2, 0.25) is 24.1 Å². The third kappa shape index (κ3) is 11.8. The second-order valence-electron chi connectivity index (χ2n) is 17.8. The normalized spacial score (nSPS) is 24.5. The number of aryl methyl sites for hydroxylation is 1. The summed E-state index contributed by atoms with van der Waals surface area (Å²) in [6.45, 7) is 7.90. The number of hydrogen-bond acceptors (Lipinski definition) is 17. The summed E-state index contributed by atoms with van der Waals surface area (Å²) in [5, 5.41) is 95.5. The van der Waals surface area contributed by atoms with Gasteiger partial charge in [-0.05, 0) is 62.0 Å². The summed E-state index contributed by atoms with van der Waals surface area (Å²) < 4.78 is 34.8. The molecule has 0 spiro atoms. The van der Waals surface area contributed by atoms with Crippen molar-refractivity contribution in [2.45, 2.75) is 115 Å². The van der Waals surface area contributed by atoms with Gasteiger partial charge in [0, 0.05) is 55.6 Å². The highest BCUT2D eigenvalue weighted by Crippen LogP contribution is 2.49. The zero-order chi connectivity index (χ0) is 50.2. The number of ether oxygens (including phenoxy) is 6. The lowest BCUT2D eigenvalue weighted by atomic mass is 9.78. The summed E-state index contributed by atoms with van der Waals surface area (Å²) in [7, 11) is 1.20. The maximum absolute atomic E-state index is 13.8. The van der Waals surface area contributed by atoms with E-state index in [9.17, 15) is 45.3 Å². The molecule has 3 aromatic carbocycles. The molecule has 69 heavy (non-hydrogen) atoms. The quantitative estimate of drug-likeness (QED) is 0.0205. The van der Waals surface area contributed by atoms with Crippen molar-refractivity contribution in [1.82, 2.24) is 5.32 Å². The first kappa shape index (κ1) is 52.2. The number of carbonyl (C=O) groups is 2. The van der Waals surface area contributed by atoms with Crippen LogP contribution in [0.15, 0.2) is 41.4 Å². The van der Waals surface area contributed by atoms with Crippen LogP contribution < -0.4 is 35.3 Å². The van der Waals surface area contributed by atoms with Gasteiger partial charge in [0.15, 0.2) is 41.8 Å². The Hall–Kier alpha value is -6.21. The van der Waals surface area contributed by atoms with Gasteiger partial charge in [0.25, 0.3) is 0 Å². The van der Waals surface area contributed by atoms with E-state index in [1.54, 1.807) is 0 Å². The minimum atomic E-state index is -2.63. The van der Waals surface area contributed by atoms with Crippen LogP contribution in [0.4, 0.5) is 5.69 Å². The van der Waals surface area contributed by atoms with Crippen LogP contribution in [0.25, 0.3) is 0 Å². The Labute approximate surface area is 400 Å². The van der Waals surface area contributed by atoms with Gasteiger partial charge in [-0.15, -0.1) is 0 Å². The molecule has 3 heterocycles. The number of aliphatic hydroxyl groups is 5. The number of aromatic hydroxyl groups is 2. The molecule has 20 heteroatoms. The van der Waals surface area contributed by atoms with Crippen molar-refractivity contribution in [1.29, 1.82) is 0 Å². The zero-order valence-corrected chi connectivity index (χ0v) is 39.3. The number of carboxylic acid groups (broad SMARTS) is 1. The lowest BCUT2D eigenvalue weighted by Crippen LogP contribution is -2.69. The number of guanidine groups is 1. The molecule has 3 aromatic rings. The molecule has 0 amide bonds. The Kier molecular flexibility index (Phi) is 17.3. The second kappa shape index (κ2) is 22.9. The maximum Gasteiger partial charge on any atom is 0.344 e. The van der Waals surface area contributed by atoms with Gasteiger partial charge in [-0.1, -0.05) is 56.9 Å².